The summed E-state index contributed by atoms with van der Waals surface area (Å²) in [7, 11) is 0. The summed E-state index contributed by atoms with van der Waals surface area (Å²) in [5.41, 5.74) is 2.43. The van der Waals surface area contributed by atoms with Gasteiger partial charge in [0.2, 0.25) is 0 Å². The molecule has 1 aromatic rings. The van der Waals surface area contributed by atoms with E-state index in [9.17, 15) is 0 Å². The maximum absolute atomic E-state index is 4.21. The third kappa shape index (κ3) is 0.919. The van der Waals surface area contributed by atoms with Gasteiger partial charge in [0, 0.05) is 12.6 Å². The first-order valence-corrected chi connectivity index (χ1v) is 3.64. The molecule has 2 rings (SSSR count). The molecule has 0 aromatic carbocycles. The Kier molecular flexibility index (Phi) is 1.42. The minimum absolute atomic E-state index is 1.07. The minimum Gasteiger partial charge on any atom is -0.260 e. The maximum atomic E-state index is 4.21. The van der Waals surface area contributed by atoms with Crippen LogP contribution in [0.1, 0.15) is 24.1 Å². The quantitative estimate of drug-likeness (QED) is 0.523. The average Bonchev–Trinajstić information content (AvgIpc) is 2.05. The van der Waals surface area contributed by atoms with E-state index < -0.39 is 0 Å². The Morgan fingerprint density at radius 3 is 3.40 bits per heavy atom. The minimum atomic E-state index is 1.07. The highest BCUT2D eigenvalue weighted by Gasteiger charge is 2.08. The van der Waals surface area contributed by atoms with Crippen LogP contribution in [0, 0.1) is 6.42 Å². The van der Waals surface area contributed by atoms with Gasteiger partial charge in [0.05, 0.1) is 5.69 Å². The molecule has 0 saturated heterocycles. The Labute approximate surface area is 61.1 Å². The number of pyridine rings is 1. The zero-order valence-electron chi connectivity index (χ0n) is 5.80. The second-order valence-corrected chi connectivity index (χ2v) is 2.54. The Morgan fingerprint density at radius 2 is 2.50 bits per heavy atom. The highest BCUT2D eigenvalue weighted by Crippen LogP contribution is 2.19. The molecule has 0 atom stereocenters. The Morgan fingerprint density at radius 1 is 1.50 bits per heavy atom. The highest BCUT2D eigenvalue weighted by molar-refractivity contribution is 5.28. The van der Waals surface area contributed by atoms with Gasteiger partial charge in [-0.2, -0.15) is 0 Å². The van der Waals surface area contributed by atoms with Crippen LogP contribution in [0.4, 0.5) is 0 Å². The summed E-state index contributed by atoms with van der Waals surface area (Å²) in [6.45, 7) is 0. The number of fused-ring (bicyclic) bond motifs is 1. The largest absolute Gasteiger partial charge is 0.260 e. The van der Waals surface area contributed by atoms with Crippen LogP contribution in [0.5, 0.6) is 0 Å². The fourth-order valence-electron chi connectivity index (χ4n) is 1.29. The van der Waals surface area contributed by atoms with E-state index in [1.54, 1.807) is 0 Å². The number of hydrogen-bond acceptors (Lipinski definition) is 1. The van der Waals surface area contributed by atoms with Crippen molar-refractivity contribution in [3.8, 4) is 0 Å². The molecule has 2 radical (unpaired) electrons. The first kappa shape index (κ1) is 5.90. The number of hydrogen-bond donors (Lipinski definition) is 0. The lowest BCUT2D eigenvalue weighted by molar-refractivity contribution is 0.759. The fraction of sp³-hybridized carbons (Fsp3) is 0.333. The molecule has 50 valence electrons. The van der Waals surface area contributed by atoms with Crippen molar-refractivity contribution in [1.82, 2.24) is 4.98 Å². The van der Waals surface area contributed by atoms with E-state index in [0.29, 0.717) is 0 Å². The van der Waals surface area contributed by atoms with Gasteiger partial charge in [-0.25, -0.2) is 0 Å². The third-order valence-electron chi connectivity index (χ3n) is 1.81. The van der Waals surface area contributed by atoms with Crippen LogP contribution in [-0.2, 0) is 6.42 Å². The van der Waals surface area contributed by atoms with E-state index in [1.807, 2.05) is 12.3 Å². The first-order chi connectivity index (χ1) is 4.97. The van der Waals surface area contributed by atoms with E-state index in [2.05, 4.69) is 17.5 Å². The van der Waals surface area contributed by atoms with E-state index in [1.165, 1.54) is 18.4 Å². The summed E-state index contributed by atoms with van der Waals surface area (Å²) in [6.07, 6.45) is 8.57. The third-order valence-corrected chi connectivity index (χ3v) is 1.81. The summed E-state index contributed by atoms with van der Waals surface area (Å²) < 4.78 is 0. The summed E-state index contributed by atoms with van der Waals surface area (Å²) in [5.74, 6) is 0. The van der Waals surface area contributed by atoms with Crippen molar-refractivity contribution in [2.75, 3.05) is 0 Å². The molecule has 0 fully saturated rings. The highest BCUT2D eigenvalue weighted by atomic mass is 14.7. The van der Waals surface area contributed by atoms with E-state index in [0.717, 1.165) is 12.1 Å². The van der Waals surface area contributed by atoms with Gasteiger partial charge in [0.15, 0.2) is 0 Å². The SMILES string of the molecule is [C]1CCCc2cccnc21. The van der Waals surface area contributed by atoms with Crippen LogP contribution in [0.3, 0.4) is 0 Å². The molecule has 10 heavy (non-hydrogen) atoms. The number of rotatable bonds is 0. The molecule has 1 nitrogen and oxygen atoms in total. The Bertz CT molecular complexity index is 205. The van der Waals surface area contributed by atoms with E-state index in [4.69, 9.17) is 0 Å². The van der Waals surface area contributed by atoms with Crippen molar-refractivity contribution in [2.45, 2.75) is 19.3 Å². The lowest BCUT2D eigenvalue weighted by Crippen LogP contribution is -2.01. The van der Waals surface area contributed by atoms with Crippen molar-refractivity contribution in [3.63, 3.8) is 0 Å². The van der Waals surface area contributed by atoms with Gasteiger partial charge in [-0.1, -0.05) is 6.07 Å². The Hall–Kier alpha value is -0.850. The van der Waals surface area contributed by atoms with Crippen molar-refractivity contribution in [2.24, 2.45) is 0 Å². The predicted octanol–water partition coefficient (Wildman–Crippen LogP) is 1.85. The predicted molar refractivity (Wildman–Crippen MR) is 39.5 cm³/mol. The van der Waals surface area contributed by atoms with Gasteiger partial charge in [0.25, 0.3) is 0 Å². The van der Waals surface area contributed by atoms with Crippen LogP contribution in [0.2, 0.25) is 0 Å². The normalized spacial score (nSPS) is 16.4. The van der Waals surface area contributed by atoms with Gasteiger partial charge in [0.1, 0.15) is 0 Å². The lowest BCUT2D eigenvalue weighted by atomic mass is 9.96. The fourth-order valence-corrected chi connectivity index (χ4v) is 1.29. The summed E-state index contributed by atoms with van der Waals surface area (Å²) in [4.78, 5) is 4.21. The van der Waals surface area contributed by atoms with E-state index >= 15 is 0 Å². The topological polar surface area (TPSA) is 12.9 Å². The first-order valence-electron chi connectivity index (χ1n) is 3.64. The van der Waals surface area contributed by atoms with Crippen LogP contribution < -0.4 is 0 Å². The summed E-state index contributed by atoms with van der Waals surface area (Å²) >= 11 is 0. The number of nitrogens with zero attached hydrogens (tertiary/aromatic N) is 1. The number of aryl methyl sites for hydroxylation is 1. The van der Waals surface area contributed by atoms with Gasteiger partial charge >= 0.3 is 0 Å². The second kappa shape index (κ2) is 2.41. The lowest BCUT2D eigenvalue weighted by Gasteiger charge is -2.11. The molecule has 1 heterocycles. The van der Waals surface area contributed by atoms with Crippen LogP contribution >= 0.6 is 0 Å². The number of aromatic nitrogens is 1. The van der Waals surface area contributed by atoms with Crippen LogP contribution in [0.15, 0.2) is 18.3 Å². The molecule has 0 amide bonds. The van der Waals surface area contributed by atoms with Crippen LogP contribution in [-0.4, -0.2) is 4.98 Å². The van der Waals surface area contributed by atoms with Crippen molar-refractivity contribution in [3.05, 3.63) is 36.0 Å². The molecule has 1 aliphatic carbocycles. The van der Waals surface area contributed by atoms with Crippen molar-refractivity contribution in [1.29, 1.82) is 0 Å². The molecular formula is C9H9N. The Balaban J connectivity index is 2.41. The van der Waals surface area contributed by atoms with Crippen molar-refractivity contribution < 1.29 is 0 Å². The monoisotopic (exact) mass is 131 g/mol. The zero-order valence-corrected chi connectivity index (χ0v) is 5.80. The van der Waals surface area contributed by atoms with Gasteiger partial charge in [-0.05, 0) is 30.9 Å². The van der Waals surface area contributed by atoms with E-state index in [-0.39, 0.29) is 0 Å². The van der Waals surface area contributed by atoms with Gasteiger partial charge < -0.3 is 0 Å². The van der Waals surface area contributed by atoms with Crippen molar-refractivity contribution >= 4 is 0 Å². The second-order valence-electron chi connectivity index (χ2n) is 2.54. The molecule has 0 saturated carbocycles. The molecule has 0 bridgehead atoms. The molecule has 1 aliphatic rings. The smallest absolute Gasteiger partial charge is 0.0517 e. The zero-order chi connectivity index (χ0) is 6.81. The average molecular weight is 131 g/mol. The molecule has 0 N–H and O–H groups in total. The summed E-state index contributed by atoms with van der Waals surface area (Å²) in [6, 6.07) is 4.13. The molecule has 0 aliphatic heterocycles. The molecule has 1 aromatic heterocycles. The molecule has 0 unspecified atom stereocenters. The maximum Gasteiger partial charge on any atom is 0.0517 e. The molecule has 0 spiro atoms. The van der Waals surface area contributed by atoms with Gasteiger partial charge in [-0.3, -0.25) is 4.98 Å². The van der Waals surface area contributed by atoms with Crippen LogP contribution in [0.25, 0.3) is 0 Å². The molecule has 1 heteroatoms. The molecular weight excluding hydrogens is 122 g/mol. The summed E-state index contributed by atoms with van der Waals surface area (Å²) in [5, 5.41) is 0. The standard InChI is InChI=1S/C9H9N/c1-2-6-9-8(4-1)5-3-7-10-9/h3,5,7H,1-2,4H2. The van der Waals surface area contributed by atoms with Gasteiger partial charge in [-0.15, -0.1) is 0 Å².